The molecule has 8 nitrogen and oxygen atoms in total. The molecule has 1 aliphatic heterocycles. The number of carbonyl (C=O) groups excluding carboxylic acids is 1. The van der Waals surface area contributed by atoms with E-state index in [1.165, 1.54) is 12.1 Å². The summed E-state index contributed by atoms with van der Waals surface area (Å²) in [7, 11) is 0. The van der Waals surface area contributed by atoms with Gasteiger partial charge in [-0.2, -0.15) is 4.98 Å². The molecule has 0 radical (unpaired) electrons. The molecule has 9 heteroatoms. The van der Waals surface area contributed by atoms with Crippen molar-refractivity contribution in [3.8, 4) is 17.1 Å². The smallest absolute Gasteiger partial charge is 0.254 e. The number of benzene rings is 1. The second-order valence-electron chi connectivity index (χ2n) is 8.55. The average molecular weight is 459 g/mol. The van der Waals surface area contributed by atoms with Crippen molar-refractivity contribution >= 4 is 23.1 Å². The summed E-state index contributed by atoms with van der Waals surface area (Å²) in [5.41, 5.74) is 4.11. The quantitative estimate of drug-likeness (QED) is 0.420. The number of halogens is 1. The fourth-order valence-corrected chi connectivity index (χ4v) is 4.73. The third-order valence-electron chi connectivity index (χ3n) is 6.39. The lowest BCUT2D eigenvalue weighted by atomic mass is 9.99. The molecule has 2 aliphatic rings. The Bertz CT molecular complexity index is 1420. The van der Waals surface area contributed by atoms with Crippen LogP contribution in [0.1, 0.15) is 35.2 Å². The van der Waals surface area contributed by atoms with Crippen molar-refractivity contribution in [2.75, 3.05) is 5.32 Å². The summed E-state index contributed by atoms with van der Waals surface area (Å²) < 4.78 is 21.3. The maximum Gasteiger partial charge on any atom is 0.254 e. The predicted octanol–water partition coefficient (Wildman–Crippen LogP) is 3.81. The zero-order valence-corrected chi connectivity index (χ0v) is 18.2. The van der Waals surface area contributed by atoms with E-state index < -0.39 is 6.10 Å². The van der Waals surface area contributed by atoms with E-state index in [2.05, 4.69) is 20.6 Å². The van der Waals surface area contributed by atoms with E-state index in [1.807, 2.05) is 18.2 Å². The first-order valence-corrected chi connectivity index (χ1v) is 11.2. The van der Waals surface area contributed by atoms with E-state index in [-0.39, 0.29) is 17.8 Å². The number of imidazole rings is 1. The third-order valence-corrected chi connectivity index (χ3v) is 6.39. The van der Waals surface area contributed by atoms with Gasteiger partial charge in [-0.1, -0.05) is 12.1 Å². The van der Waals surface area contributed by atoms with Crippen LogP contribution < -0.4 is 15.4 Å². The number of hydrogen-bond donors (Lipinski definition) is 3. The van der Waals surface area contributed by atoms with E-state index in [9.17, 15) is 14.3 Å². The van der Waals surface area contributed by atoms with E-state index in [1.54, 1.807) is 28.9 Å². The number of aromatic nitrogens is 3. The number of pyridine rings is 2. The summed E-state index contributed by atoms with van der Waals surface area (Å²) in [6.07, 6.45) is 5.04. The Morgan fingerprint density at radius 1 is 1.21 bits per heavy atom. The first-order valence-electron chi connectivity index (χ1n) is 11.2. The number of ether oxygens (including phenoxy) is 1. The Morgan fingerprint density at radius 3 is 2.97 bits per heavy atom. The monoisotopic (exact) mass is 459 g/mol. The maximum absolute atomic E-state index is 13.6. The van der Waals surface area contributed by atoms with Crippen LogP contribution in [0, 0.1) is 5.82 Å². The van der Waals surface area contributed by atoms with Crippen molar-refractivity contribution in [3.63, 3.8) is 0 Å². The number of carbonyl (C=O) groups is 1. The Morgan fingerprint density at radius 2 is 2.12 bits per heavy atom. The van der Waals surface area contributed by atoms with Crippen LogP contribution in [0.2, 0.25) is 0 Å². The minimum atomic E-state index is -0.478. The van der Waals surface area contributed by atoms with Gasteiger partial charge in [-0.15, -0.1) is 0 Å². The van der Waals surface area contributed by atoms with Crippen molar-refractivity contribution in [2.45, 2.75) is 38.0 Å². The van der Waals surface area contributed by atoms with Crippen LogP contribution in [-0.4, -0.2) is 37.6 Å². The number of amides is 1. The zero-order valence-electron chi connectivity index (χ0n) is 18.2. The summed E-state index contributed by atoms with van der Waals surface area (Å²) in [5.74, 6) is 0.421. The van der Waals surface area contributed by atoms with Gasteiger partial charge in [0.15, 0.2) is 0 Å². The molecule has 0 saturated heterocycles. The predicted molar refractivity (Wildman–Crippen MR) is 124 cm³/mol. The number of rotatable bonds is 5. The van der Waals surface area contributed by atoms with Crippen LogP contribution in [0.3, 0.4) is 0 Å². The molecule has 4 heterocycles. The van der Waals surface area contributed by atoms with Crippen molar-refractivity contribution in [3.05, 3.63) is 71.8 Å². The summed E-state index contributed by atoms with van der Waals surface area (Å²) in [4.78, 5) is 21.6. The van der Waals surface area contributed by atoms with Gasteiger partial charge in [-0.3, -0.25) is 9.20 Å². The fourth-order valence-electron chi connectivity index (χ4n) is 4.73. The normalized spacial score (nSPS) is 19.3. The molecule has 4 aromatic rings. The largest absolute Gasteiger partial charge is 0.472 e. The molecular weight excluding hydrogens is 437 g/mol. The number of hydrogen-bond acceptors (Lipinski definition) is 6. The number of aliphatic hydroxyl groups is 1. The number of aliphatic hydroxyl groups excluding tert-OH is 1. The van der Waals surface area contributed by atoms with Gasteiger partial charge in [0.25, 0.3) is 5.91 Å². The Kier molecular flexibility index (Phi) is 4.91. The Balaban J connectivity index is 1.34. The number of fused-ring (bicyclic) bond motifs is 2. The minimum absolute atomic E-state index is 0.180. The van der Waals surface area contributed by atoms with Gasteiger partial charge in [0.1, 0.15) is 23.4 Å². The molecule has 1 fully saturated rings. The molecule has 3 N–H and O–H groups in total. The highest BCUT2D eigenvalue weighted by atomic mass is 19.1. The molecule has 34 heavy (non-hydrogen) atoms. The van der Waals surface area contributed by atoms with Gasteiger partial charge in [-0.05, 0) is 43.0 Å². The zero-order chi connectivity index (χ0) is 23.2. The SMILES string of the molecule is O=C1NCc2c(-c3cnc4cc(F)ccn34)ccc(Nc3cccc(O[C@@H]4CCC[C@@H]4O)n3)c21. The van der Waals surface area contributed by atoms with Crippen LogP contribution in [0.4, 0.5) is 15.9 Å². The van der Waals surface area contributed by atoms with E-state index >= 15 is 0 Å². The third kappa shape index (κ3) is 3.54. The van der Waals surface area contributed by atoms with Gasteiger partial charge >= 0.3 is 0 Å². The molecule has 1 saturated carbocycles. The summed E-state index contributed by atoms with van der Waals surface area (Å²) in [6, 6.07) is 11.9. The minimum Gasteiger partial charge on any atom is -0.472 e. The van der Waals surface area contributed by atoms with Crippen molar-refractivity contribution < 1.29 is 19.0 Å². The van der Waals surface area contributed by atoms with Gasteiger partial charge in [0.05, 0.1) is 29.2 Å². The molecular formula is C25H22FN5O3. The van der Waals surface area contributed by atoms with Crippen molar-refractivity contribution in [2.24, 2.45) is 0 Å². The Labute approximate surface area is 194 Å². The highest BCUT2D eigenvalue weighted by Gasteiger charge is 2.28. The molecule has 0 spiro atoms. The van der Waals surface area contributed by atoms with Crippen LogP contribution in [0.15, 0.2) is 54.9 Å². The molecule has 0 unspecified atom stereocenters. The first-order chi connectivity index (χ1) is 16.6. The second kappa shape index (κ2) is 8.11. The topological polar surface area (TPSA) is 101 Å². The lowest BCUT2D eigenvalue weighted by Crippen LogP contribution is -2.26. The van der Waals surface area contributed by atoms with Gasteiger partial charge in [0.2, 0.25) is 5.88 Å². The number of anilines is 2. The lowest BCUT2D eigenvalue weighted by Gasteiger charge is -2.17. The molecule has 0 bridgehead atoms. The molecule has 1 aliphatic carbocycles. The summed E-state index contributed by atoms with van der Waals surface area (Å²) in [6.45, 7) is 0.379. The molecule has 2 atom stereocenters. The van der Waals surface area contributed by atoms with E-state index in [4.69, 9.17) is 4.74 Å². The van der Waals surface area contributed by atoms with Crippen LogP contribution in [0.25, 0.3) is 16.9 Å². The fraction of sp³-hybridized carbons (Fsp3) is 0.240. The standard InChI is InChI=1S/C25H22FN5O3/c26-14-9-10-31-18(13-27-22(31)11-14)15-7-8-17(24-16(15)12-28-25(24)33)29-21-5-2-6-23(30-21)34-20-4-1-3-19(20)32/h2,5-11,13,19-20,32H,1,3-4,12H2,(H,28,33)(H,29,30)/t19-,20+/m0/s1. The first kappa shape index (κ1) is 20.6. The molecule has 1 aromatic carbocycles. The second-order valence-corrected chi connectivity index (χ2v) is 8.55. The van der Waals surface area contributed by atoms with E-state index in [0.717, 1.165) is 36.1 Å². The molecule has 3 aromatic heterocycles. The summed E-state index contributed by atoms with van der Waals surface area (Å²) >= 11 is 0. The highest BCUT2D eigenvalue weighted by Crippen LogP contribution is 2.35. The molecule has 6 rings (SSSR count). The number of nitrogens with zero attached hydrogens (tertiary/aromatic N) is 3. The van der Waals surface area contributed by atoms with Gasteiger partial charge in [0, 0.05) is 30.4 Å². The van der Waals surface area contributed by atoms with Gasteiger partial charge < -0.3 is 20.5 Å². The molecule has 1 amide bonds. The van der Waals surface area contributed by atoms with Crippen LogP contribution >= 0.6 is 0 Å². The Hall–Kier alpha value is -3.98. The summed E-state index contributed by atoms with van der Waals surface area (Å²) in [5, 5.41) is 16.2. The van der Waals surface area contributed by atoms with Gasteiger partial charge in [-0.25, -0.2) is 9.37 Å². The van der Waals surface area contributed by atoms with Crippen molar-refractivity contribution in [1.82, 2.24) is 19.7 Å². The number of nitrogens with one attached hydrogen (secondary N) is 2. The lowest BCUT2D eigenvalue weighted by molar-refractivity contribution is 0.0575. The molecule has 172 valence electrons. The average Bonchev–Trinajstić information content (AvgIpc) is 3.54. The van der Waals surface area contributed by atoms with E-state index in [0.29, 0.717) is 35.1 Å². The maximum atomic E-state index is 13.6. The van der Waals surface area contributed by atoms with Crippen LogP contribution in [-0.2, 0) is 6.54 Å². The van der Waals surface area contributed by atoms with Crippen LogP contribution in [0.5, 0.6) is 5.88 Å². The highest BCUT2D eigenvalue weighted by molar-refractivity contribution is 6.06. The van der Waals surface area contributed by atoms with Crippen molar-refractivity contribution in [1.29, 1.82) is 0 Å².